The molecule has 1 aliphatic heterocycles. The van der Waals surface area contributed by atoms with Crippen molar-refractivity contribution in [3.63, 3.8) is 0 Å². The molecule has 0 aliphatic carbocycles. The first-order chi connectivity index (χ1) is 13.8. The third-order valence-electron chi connectivity index (χ3n) is 4.72. The molecule has 1 atom stereocenters. The van der Waals surface area contributed by atoms with Crippen molar-refractivity contribution in [3.05, 3.63) is 29.8 Å². The Morgan fingerprint density at radius 2 is 1.90 bits per heavy atom. The van der Waals surface area contributed by atoms with Crippen molar-refractivity contribution in [1.82, 2.24) is 10.6 Å². The van der Waals surface area contributed by atoms with E-state index >= 15 is 0 Å². The Labute approximate surface area is 171 Å². The largest absolute Gasteiger partial charge is 0.455 e. The molecule has 29 heavy (non-hydrogen) atoms. The summed E-state index contributed by atoms with van der Waals surface area (Å²) in [5, 5.41) is 4.67. The third kappa shape index (κ3) is 6.89. The summed E-state index contributed by atoms with van der Waals surface area (Å²) in [6.07, 6.45) is 1.73. The van der Waals surface area contributed by atoms with Crippen LogP contribution in [0, 0.1) is 11.8 Å². The number of benzene rings is 1. The van der Waals surface area contributed by atoms with E-state index < -0.39 is 30.4 Å². The van der Waals surface area contributed by atoms with Crippen LogP contribution < -0.4 is 15.5 Å². The number of amides is 4. The maximum Gasteiger partial charge on any atom is 0.321 e. The van der Waals surface area contributed by atoms with Gasteiger partial charge in [-0.2, -0.15) is 0 Å². The highest BCUT2D eigenvalue weighted by molar-refractivity contribution is 6.00. The predicted molar refractivity (Wildman–Crippen MR) is 108 cm³/mol. The van der Waals surface area contributed by atoms with Crippen LogP contribution in [-0.2, 0) is 25.5 Å². The van der Waals surface area contributed by atoms with Crippen molar-refractivity contribution >= 4 is 29.5 Å². The fourth-order valence-electron chi connectivity index (χ4n) is 2.96. The molecule has 0 bridgehead atoms. The average molecular weight is 403 g/mol. The van der Waals surface area contributed by atoms with Crippen molar-refractivity contribution in [1.29, 1.82) is 0 Å². The minimum Gasteiger partial charge on any atom is -0.455 e. The van der Waals surface area contributed by atoms with Crippen LogP contribution in [0.2, 0.25) is 0 Å². The molecule has 8 heteroatoms. The number of nitrogens with one attached hydrogen (secondary N) is 2. The van der Waals surface area contributed by atoms with Crippen LogP contribution >= 0.6 is 0 Å². The molecule has 1 saturated heterocycles. The molecule has 0 spiro atoms. The third-order valence-corrected chi connectivity index (χ3v) is 4.72. The van der Waals surface area contributed by atoms with Gasteiger partial charge in [-0.05, 0) is 36.5 Å². The fourth-order valence-corrected chi connectivity index (χ4v) is 2.96. The SMILES string of the molecule is CCc1ccc(N2C[C@@H](C(=O)OCC(=O)NC(=O)NCCC(C)C)CC2=O)cc1. The van der Waals surface area contributed by atoms with Crippen LogP contribution in [0.4, 0.5) is 10.5 Å². The van der Waals surface area contributed by atoms with Gasteiger partial charge in [0.15, 0.2) is 6.61 Å². The van der Waals surface area contributed by atoms with Crippen LogP contribution in [-0.4, -0.2) is 43.5 Å². The number of aryl methyl sites for hydroxylation is 1. The quantitative estimate of drug-likeness (QED) is 0.646. The Hall–Kier alpha value is -2.90. The summed E-state index contributed by atoms with van der Waals surface area (Å²) in [5.41, 5.74) is 1.90. The van der Waals surface area contributed by atoms with E-state index in [-0.39, 0.29) is 18.9 Å². The minimum atomic E-state index is -0.711. The van der Waals surface area contributed by atoms with Crippen LogP contribution in [0.5, 0.6) is 0 Å². The van der Waals surface area contributed by atoms with Gasteiger partial charge < -0.3 is 15.0 Å². The lowest BCUT2D eigenvalue weighted by atomic mass is 10.1. The molecule has 0 aromatic heterocycles. The summed E-state index contributed by atoms with van der Waals surface area (Å²) in [4.78, 5) is 49.4. The summed E-state index contributed by atoms with van der Waals surface area (Å²) in [6.45, 7) is 6.20. The van der Waals surface area contributed by atoms with Gasteiger partial charge in [-0.3, -0.25) is 19.7 Å². The van der Waals surface area contributed by atoms with Gasteiger partial charge in [0.2, 0.25) is 5.91 Å². The summed E-state index contributed by atoms with van der Waals surface area (Å²) >= 11 is 0. The standard InChI is InChI=1S/C21H29N3O5/c1-4-15-5-7-17(8-6-15)24-12-16(11-19(24)26)20(27)29-13-18(25)23-21(28)22-10-9-14(2)3/h5-8,14,16H,4,9-13H2,1-3H3,(H2,22,23,25,28)/t16-/m0/s1. The van der Waals surface area contributed by atoms with Gasteiger partial charge in [0.1, 0.15) is 0 Å². The molecule has 1 aromatic rings. The Morgan fingerprint density at radius 3 is 2.52 bits per heavy atom. The van der Waals surface area contributed by atoms with Crippen molar-refractivity contribution in [2.45, 2.75) is 40.0 Å². The van der Waals surface area contributed by atoms with E-state index in [2.05, 4.69) is 10.6 Å². The molecule has 158 valence electrons. The van der Waals surface area contributed by atoms with Gasteiger partial charge in [-0.1, -0.05) is 32.9 Å². The first kappa shape index (κ1) is 22.4. The summed E-state index contributed by atoms with van der Waals surface area (Å²) in [5.74, 6) is -1.70. The Bertz CT molecular complexity index is 745. The minimum absolute atomic E-state index is 0.0334. The summed E-state index contributed by atoms with van der Waals surface area (Å²) < 4.78 is 4.99. The number of urea groups is 1. The number of anilines is 1. The number of ether oxygens (including phenoxy) is 1. The average Bonchev–Trinajstić information content (AvgIpc) is 3.07. The van der Waals surface area contributed by atoms with E-state index in [0.29, 0.717) is 12.5 Å². The number of carbonyl (C=O) groups excluding carboxylic acids is 4. The molecule has 1 aliphatic rings. The molecule has 4 amide bonds. The molecule has 0 radical (unpaired) electrons. The normalized spacial score (nSPS) is 16.1. The predicted octanol–water partition coefficient (Wildman–Crippen LogP) is 2.02. The van der Waals surface area contributed by atoms with Gasteiger partial charge in [0, 0.05) is 25.2 Å². The fraction of sp³-hybridized carbons (Fsp3) is 0.524. The van der Waals surface area contributed by atoms with Gasteiger partial charge in [0.05, 0.1) is 5.92 Å². The van der Waals surface area contributed by atoms with Crippen LogP contribution in [0.15, 0.2) is 24.3 Å². The highest BCUT2D eigenvalue weighted by atomic mass is 16.5. The molecule has 1 aromatic carbocycles. The number of carbonyl (C=O) groups is 4. The topological polar surface area (TPSA) is 105 Å². The zero-order chi connectivity index (χ0) is 21.4. The van der Waals surface area contributed by atoms with E-state index in [4.69, 9.17) is 4.74 Å². The Kier molecular flexibility index (Phi) is 8.18. The maximum atomic E-state index is 12.3. The molecular formula is C21H29N3O5. The van der Waals surface area contributed by atoms with Crippen molar-refractivity contribution in [2.24, 2.45) is 11.8 Å². The molecule has 8 nitrogen and oxygen atoms in total. The number of nitrogens with zero attached hydrogens (tertiary/aromatic N) is 1. The lowest BCUT2D eigenvalue weighted by Gasteiger charge is -2.17. The molecule has 0 saturated carbocycles. The smallest absolute Gasteiger partial charge is 0.321 e. The lowest BCUT2D eigenvalue weighted by molar-refractivity contribution is -0.152. The first-order valence-corrected chi connectivity index (χ1v) is 9.93. The van der Waals surface area contributed by atoms with Gasteiger partial charge >= 0.3 is 12.0 Å². The second-order valence-electron chi connectivity index (χ2n) is 7.52. The molecule has 2 N–H and O–H groups in total. The first-order valence-electron chi connectivity index (χ1n) is 9.93. The van der Waals surface area contributed by atoms with Crippen molar-refractivity contribution in [2.75, 3.05) is 24.6 Å². The van der Waals surface area contributed by atoms with Gasteiger partial charge in [-0.15, -0.1) is 0 Å². The monoisotopic (exact) mass is 403 g/mol. The van der Waals surface area contributed by atoms with Crippen LogP contribution in [0.25, 0.3) is 0 Å². The van der Waals surface area contributed by atoms with Crippen molar-refractivity contribution < 1.29 is 23.9 Å². The second-order valence-corrected chi connectivity index (χ2v) is 7.52. The lowest BCUT2D eigenvalue weighted by Crippen LogP contribution is -2.42. The molecule has 0 unspecified atom stereocenters. The maximum absolute atomic E-state index is 12.3. The van der Waals surface area contributed by atoms with Crippen molar-refractivity contribution in [3.8, 4) is 0 Å². The summed E-state index contributed by atoms with van der Waals surface area (Å²) in [6, 6.07) is 6.99. The Morgan fingerprint density at radius 1 is 1.21 bits per heavy atom. The van der Waals surface area contributed by atoms with E-state index in [0.717, 1.165) is 24.1 Å². The number of rotatable bonds is 8. The van der Waals surface area contributed by atoms with E-state index in [1.54, 1.807) is 4.90 Å². The van der Waals surface area contributed by atoms with Crippen LogP contribution in [0.3, 0.4) is 0 Å². The van der Waals surface area contributed by atoms with E-state index in [9.17, 15) is 19.2 Å². The molecular weight excluding hydrogens is 374 g/mol. The van der Waals surface area contributed by atoms with Gasteiger partial charge in [-0.25, -0.2) is 4.79 Å². The second kappa shape index (κ2) is 10.6. The number of hydrogen-bond acceptors (Lipinski definition) is 5. The van der Waals surface area contributed by atoms with E-state index in [1.165, 1.54) is 0 Å². The highest BCUT2D eigenvalue weighted by Gasteiger charge is 2.36. The Balaban J connectivity index is 1.77. The number of hydrogen-bond donors (Lipinski definition) is 2. The molecule has 2 rings (SSSR count). The zero-order valence-electron chi connectivity index (χ0n) is 17.2. The van der Waals surface area contributed by atoms with Crippen LogP contribution in [0.1, 0.15) is 39.2 Å². The van der Waals surface area contributed by atoms with E-state index in [1.807, 2.05) is 45.0 Å². The highest BCUT2D eigenvalue weighted by Crippen LogP contribution is 2.26. The number of imide groups is 1. The van der Waals surface area contributed by atoms with Gasteiger partial charge in [0.25, 0.3) is 5.91 Å². The summed E-state index contributed by atoms with van der Waals surface area (Å²) in [7, 11) is 0. The molecule has 1 heterocycles. The molecule has 1 fully saturated rings. The number of esters is 1. The zero-order valence-corrected chi connectivity index (χ0v) is 17.2.